The zero-order chi connectivity index (χ0) is 15.4. The molecule has 0 aliphatic carbocycles. The summed E-state index contributed by atoms with van der Waals surface area (Å²) < 4.78 is 0. The lowest BCUT2D eigenvalue weighted by molar-refractivity contribution is -0.127. The number of carbonyl (C=O) groups is 2. The Balaban J connectivity index is 1.42. The summed E-state index contributed by atoms with van der Waals surface area (Å²) in [6.45, 7) is 3.10. The molecule has 0 bridgehead atoms. The molecule has 3 amide bonds. The number of nitrogens with one attached hydrogen (secondary N) is 1. The zero-order valence-electron chi connectivity index (χ0n) is 12.8. The first kappa shape index (κ1) is 15.3. The Bertz CT molecular complexity index is 517. The highest BCUT2D eigenvalue weighted by atomic mass is 32.1. The maximum Gasteiger partial charge on any atom is 0.317 e. The minimum Gasteiger partial charge on any atom is -0.343 e. The van der Waals surface area contributed by atoms with Crippen molar-refractivity contribution < 1.29 is 9.59 Å². The van der Waals surface area contributed by atoms with Gasteiger partial charge in [-0.1, -0.05) is 6.07 Å². The molecular formula is C16H23N3O2S. The number of hydrogen-bond donors (Lipinski definition) is 1. The number of likely N-dealkylation sites (tertiary alicyclic amines) is 2. The van der Waals surface area contributed by atoms with E-state index in [4.69, 9.17) is 0 Å². The SMILES string of the molecule is O=C1CCCN1CCCNC(=O)N1CCC[C@H]1c1cccs1. The van der Waals surface area contributed by atoms with E-state index in [-0.39, 0.29) is 18.0 Å². The molecule has 3 heterocycles. The van der Waals surface area contributed by atoms with Crippen LogP contribution in [0.15, 0.2) is 17.5 Å². The van der Waals surface area contributed by atoms with Gasteiger partial charge in [-0.3, -0.25) is 4.79 Å². The number of carbonyl (C=O) groups excluding carboxylic acids is 2. The van der Waals surface area contributed by atoms with Crippen LogP contribution in [0.5, 0.6) is 0 Å². The van der Waals surface area contributed by atoms with Gasteiger partial charge in [-0.15, -0.1) is 11.3 Å². The van der Waals surface area contributed by atoms with E-state index in [2.05, 4.69) is 16.8 Å². The van der Waals surface area contributed by atoms with Crippen LogP contribution in [0.3, 0.4) is 0 Å². The molecule has 1 atom stereocenters. The highest BCUT2D eigenvalue weighted by molar-refractivity contribution is 7.10. The van der Waals surface area contributed by atoms with E-state index in [0.29, 0.717) is 13.0 Å². The molecule has 1 aromatic rings. The predicted octanol–water partition coefficient (Wildman–Crippen LogP) is 2.61. The van der Waals surface area contributed by atoms with Gasteiger partial charge in [0.1, 0.15) is 0 Å². The van der Waals surface area contributed by atoms with Crippen LogP contribution in [0, 0.1) is 0 Å². The van der Waals surface area contributed by atoms with Crippen molar-refractivity contribution in [2.75, 3.05) is 26.2 Å². The maximum atomic E-state index is 12.4. The van der Waals surface area contributed by atoms with E-state index in [1.807, 2.05) is 15.9 Å². The highest BCUT2D eigenvalue weighted by Crippen LogP contribution is 2.34. The molecule has 22 heavy (non-hydrogen) atoms. The number of rotatable bonds is 5. The first-order chi connectivity index (χ1) is 10.8. The van der Waals surface area contributed by atoms with Crippen LogP contribution in [0.2, 0.25) is 0 Å². The molecule has 2 saturated heterocycles. The van der Waals surface area contributed by atoms with Gasteiger partial charge < -0.3 is 15.1 Å². The van der Waals surface area contributed by atoms with Crippen LogP contribution < -0.4 is 5.32 Å². The van der Waals surface area contributed by atoms with Crippen molar-refractivity contribution in [3.8, 4) is 0 Å². The maximum absolute atomic E-state index is 12.4. The van der Waals surface area contributed by atoms with Crippen LogP contribution in [-0.4, -0.2) is 47.9 Å². The fourth-order valence-electron chi connectivity index (χ4n) is 3.29. The lowest BCUT2D eigenvalue weighted by Gasteiger charge is -2.24. The summed E-state index contributed by atoms with van der Waals surface area (Å²) in [5, 5.41) is 5.08. The highest BCUT2D eigenvalue weighted by Gasteiger charge is 2.30. The molecule has 2 aliphatic rings. The van der Waals surface area contributed by atoms with E-state index >= 15 is 0 Å². The van der Waals surface area contributed by atoms with Gasteiger partial charge >= 0.3 is 6.03 Å². The summed E-state index contributed by atoms with van der Waals surface area (Å²) in [7, 11) is 0. The van der Waals surface area contributed by atoms with Crippen LogP contribution in [0.25, 0.3) is 0 Å². The van der Waals surface area contributed by atoms with Crippen molar-refractivity contribution in [3.05, 3.63) is 22.4 Å². The van der Waals surface area contributed by atoms with Crippen molar-refractivity contribution >= 4 is 23.3 Å². The molecule has 0 unspecified atom stereocenters. The molecule has 0 spiro atoms. The van der Waals surface area contributed by atoms with Crippen LogP contribution in [0.1, 0.15) is 43.0 Å². The summed E-state index contributed by atoms with van der Waals surface area (Å²) in [4.78, 5) is 29.0. The number of nitrogens with zero attached hydrogens (tertiary/aromatic N) is 2. The Labute approximate surface area is 135 Å². The smallest absolute Gasteiger partial charge is 0.317 e. The van der Waals surface area contributed by atoms with Gasteiger partial charge in [-0.05, 0) is 37.1 Å². The number of hydrogen-bond acceptors (Lipinski definition) is 3. The van der Waals surface area contributed by atoms with Gasteiger partial charge in [0.25, 0.3) is 0 Å². The van der Waals surface area contributed by atoms with Gasteiger partial charge in [-0.25, -0.2) is 4.79 Å². The van der Waals surface area contributed by atoms with Crippen molar-refractivity contribution in [1.82, 2.24) is 15.1 Å². The molecule has 0 aromatic carbocycles. The van der Waals surface area contributed by atoms with E-state index in [1.54, 1.807) is 11.3 Å². The molecule has 1 N–H and O–H groups in total. The number of thiophene rings is 1. The molecule has 1 aromatic heterocycles. The van der Waals surface area contributed by atoms with Gasteiger partial charge in [0, 0.05) is 37.5 Å². The van der Waals surface area contributed by atoms with Gasteiger partial charge in [0.15, 0.2) is 0 Å². The Kier molecular flexibility index (Phi) is 4.97. The Morgan fingerprint density at radius 2 is 2.27 bits per heavy atom. The monoisotopic (exact) mass is 321 g/mol. The molecule has 6 heteroatoms. The average molecular weight is 321 g/mol. The van der Waals surface area contributed by atoms with Crippen LogP contribution >= 0.6 is 11.3 Å². The van der Waals surface area contributed by atoms with E-state index < -0.39 is 0 Å². The lowest BCUT2D eigenvalue weighted by atomic mass is 10.2. The molecule has 2 aliphatic heterocycles. The van der Waals surface area contributed by atoms with Crippen molar-refractivity contribution in [2.24, 2.45) is 0 Å². The quantitative estimate of drug-likeness (QED) is 0.848. The Morgan fingerprint density at radius 1 is 1.36 bits per heavy atom. The zero-order valence-corrected chi connectivity index (χ0v) is 13.6. The van der Waals surface area contributed by atoms with Gasteiger partial charge in [0.05, 0.1) is 6.04 Å². The van der Waals surface area contributed by atoms with Gasteiger partial charge in [-0.2, -0.15) is 0 Å². The minimum absolute atomic E-state index is 0.0312. The van der Waals surface area contributed by atoms with E-state index in [1.165, 1.54) is 4.88 Å². The minimum atomic E-state index is 0.0312. The Hall–Kier alpha value is -1.56. The third-order valence-corrected chi connectivity index (χ3v) is 5.41. The largest absolute Gasteiger partial charge is 0.343 e. The third-order valence-electron chi connectivity index (χ3n) is 4.44. The van der Waals surface area contributed by atoms with Crippen LogP contribution in [0.4, 0.5) is 4.79 Å². The Morgan fingerprint density at radius 3 is 3.00 bits per heavy atom. The standard InChI is InChI=1S/C16H23N3O2S/c20-15-7-2-9-18(15)10-4-8-17-16(21)19-11-1-5-13(19)14-6-3-12-22-14/h3,6,12-13H,1-2,4-5,7-11H2,(H,17,21)/t13-/m0/s1. The molecule has 3 rings (SSSR count). The van der Waals surface area contributed by atoms with Crippen LogP contribution in [-0.2, 0) is 4.79 Å². The second-order valence-electron chi connectivity index (χ2n) is 5.94. The summed E-state index contributed by atoms with van der Waals surface area (Å²) in [6.07, 6.45) is 4.60. The normalized spacial score (nSPS) is 21.6. The summed E-state index contributed by atoms with van der Waals surface area (Å²) in [6, 6.07) is 4.42. The number of urea groups is 1. The second kappa shape index (κ2) is 7.13. The first-order valence-electron chi connectivity index (χ1n) is 8.11. The summed E-state index contributed by atoms with van der Waals surface area (Å²) in [5.74, 6) is 0.253. The van der Waals surface area contributed by atoms with Crippen molar-refractivity contribution in [3.63, 3.8) is 0 Å². The molecule has 2 fully saturated rings. The number of amides is 3. The molecule has 120 valence electrons. The van der Waals surface area contributed by atoms with Gasteiger partial charge in [0.2, 0.25) is 5.91 Å². The molecule has 0 saturated carbocycles. The molecular weight excluding hydrogens is 298 g/mol. The third kappa shape index (κ3) is 3.43. The summed E-state index contributed by atoms with van der Waals surface area (Å²) in [5.41, 5.74) is 0. The lowest BCUT2D eigenvalue weighted by Crippen LogP contribution is -2.40. The first-order valence-corrected chi connectivity index (χ1v) is 8.99. The fourth-order valence-corrected chi connectivity index (χ4v) is 4.17. The molecule has 0 radical (unpaired) electrons. The second-order valence-corrected chi connectivity index (χ2v) is 6.92. The average Bonchev–Trinajstić information content (AvgIpc) is 3.24. The van der Waals surface area contributed by atoms with E-state index in [0.717, 1.165) is 45.3 Å². The van der Waals surface area contributed by atoms with E-state index in [9.17, 15) is 9.59 Å². The molecule has 5 nitrogen and oxygen atoms in total. The fraction of sp³-hybridized carbons (Fsp3) is 0.625. The summed E-state index contributed by atoms with van der Waals surface area (Å²) >= 11 is 1.72. The predicted molar refractivity (Wildman–Crippen MR) is 86.8 cm³/mol. The topological polar surface area (TPSA) is 52.7 Å². The van der Waals surface area contributed by atoms with Crippen molar-refractivity contribution in [2.45, 2.75) is 38.1 Å². The van der Waals surface area contributed by atoms with Crippen molar-refractivity contribution in [1.29, 1.82) is 0 Å².